The van der Waals surface area contributed by atoms with E-state index in [0.29, 0.717) is 6.42 Å². The van der Waals surface area contributed by atoms with Crippen LogP contribution in [0.25, 0.3) is 10.8 Å². The molecule has 0 saturated heterocycles. The number of rotatable bonds is 2. The highest BCUT2D eigenvalue weighted by Crippen LogP contribution is 2.42. The Bertz CT molecular complexity index is 673. The van der Waals surface area contributed by atoms with Crippen LogP contribution in [-0.2, 0) is 0 Å². The fourth-order valence-corrected chi connectivity index (χ4v) is 2.88. The van der Waals surface area contributed by atoms with Crippen LogP contribution < -0.4 is 9.47 Å². The molecule has 0 fully saturated rings. The summed E-state index contributed by atoms with van der Waals surface area (Å²) in [5, 5.41) is 1.90. The molecule has 19 heavy (non-hydrogen) atoms. The fraction of sp³-hybridized carbons (Fsp3) is 0.312. The van der Waals surface area contributed by atoms with Crippen molar-refractivity contribution in [3.05, 3.63) is 35.4 Å². The molecule has 0 heterocycles. The van der Waals surface area contributed by atoms with Crippen LogP contribution in [0.3, 0.4) is 0 Å². The zero-order valence-electron chi connectivity index (χ0n) is 11.3. The largest absolute Gasteiger partial charge is 0.497 e. The molecular weight excluding hydrogens is 240 g/mol. The number of Topliss-reactive ketones (excluding diaryl/α,β-unsaturated/α-hetero) is 1. The maximum absolute atomic E-state index is 12.2. The number of hydrogen-bond acceptors (Lipinski definition) is 3. The number of carbonyl (C=O) groups excluding carboxylic acids is 1. The highest BCUT2D eigenvalue weighted by atomic mass is 16.5. The topological polar surface area (TPSA) is 35.5 Å². The van der Waals surface area contributed by atoms with Crippen LogP contribution in [0.15, 0.2) is 24.3 Å². The highest BCUT2D eigenvalue weighted by molar-refractivity contribution is 6.13. The lowest BCUT2D eigenvalue weighted by molar-refractivity contribution is 0.0991. The van der Waals surface area contributed by atoms with Gasteiger partial charge in [0.25, 0.3) is 0 Å². The lowest BCUT2D eigenvalue weighted by atomic mass is 9.97. The molecule has 1 aliphatic carbocycles. The molecule has 0 radical (unpaired) electrons. The molecule has 2 aromatic rings. The van der Waals surface area contributed by atoms with Crippen molar-refractivity contribution < 1.29 is 14.3 Å². The van der Waals surface area contributed by atoms with E-state index in [1.54, 1.807) is 14.2 Å². The van der Waals surface area contributed by atoms with E-state index < -0.39 is 0 Å². The monoisotopic (exact) mass is 256 g/mol. The molecule has 0 aliphatic heterocycles. The van der Waals surface area contributed by atoms with Crippen molar-refractivity contribution in [2.24, 2.45) is 0 Å². The van der Waals surface area contributed by atoms with E-state index in [1.165, 1.54) is 0 Å². The summed E-state index contributed by atoms with van der Waals surface area (Å²) in [5.41, 5.74) is 1.92. The van der Waals surface area contributed by atoms with E-state index >= 15 is 0 Å². The third-order valence-electron chi connectivity index (χ3n) is 3.86. The fourth-order valence-electron chi connectivity index (χ4n) is 2.88. The average molecular weight is 256 g/mol. The third kappa shape index (κ3) is 1.69. The number of fused-ring (bicyclic) bond motifs is 3. The molecule has 0 aromatic heterocycles. The van der Waals surface area contributed by atoms with Gasteiger partial charge in [0.2, 0.25) is 0 Å². The maximum atomic E-state index is 12.2. The second-order valence-electron chi connectivity index (χ2n) is 4.98. The van der Waals surface area contributed by atoms with E-state index in [9.17, 15) is 4.79 Å². The Balaban J connectivity index is 2.41. The molecule has 98 valence electrons. The molecule has 0 amide bonds. The van der Waals surface area contributed by atoms with Crippen LogP contribution in [0.2, 0.25) is 0 Å². The van der Waals surface area contributed by atoms with Crippen LogP contribution >= 0.6 is 0 Å². The minimum Gasteiger partial charge on any atom is -0.497 e. The molecule has 3 nitrogen and oxygen atoms in total. The summed E-state index contributed by atoms with van der Waals surface area (Å²) >= 11 is 0. The summed E-state index contributed by atoms with van der Waals surface area (Å²) in [5.74, 6) is 2.05. The van der Waals surface area contributed by atoms with E-state index in [-0.39, 0.29) is 11.7 Å². The van der Waals surface area contributed by atoms with Gasteiger partial charge in [-0.1, -0.05) is 6.92 Å². The molecule has 2 aromatic carbocycles. The van der Waals surface area contributed by atoms with Gasteiger partial charge in [-0.2, -0.15) is 0 Å². The zero-order chi connectivity index (χ0) is 13.6. The highest BCUT2D eigenvalue weighted by Gasteiger charge is 2.29. The summed E-state index contributed by atoms with van der Waals surface area (Å²) in [6, 6.07) is 7.76. The van der Waals surface area contributed by atoms with E-state index in [1.807, 2.05) is 24.3 Å². The van der Waals surface area contributed by atoms with Gasteiger partial charge in [0.15, 0.2) is 5.78 Å². The van der Waals surface area contributed by atoms with Gasteiger partial charge in [0.1, 0.15) is 11.5 Å². The molecule has 1 atom stereocenters. The van der Waals surface area contributed by atoms with Crippen molar-refractivity contribution in [1.82, 2.24) is 0 Å². The van der Waals surface area contributed by atoms with Gasteiger partial charge < -0.3 is 9.47 Å². The molecule has 1 unspecified atom stereocenters. The first-order valence-electron chi connectivity index (χ1n) is 6.37. The molecule has 0 N–H and O–H groups in total. The Hall–Kier alpha value is -2.03. The Morgan fingerprint density at radius 3 is 2.58 bits per heavy atom. The van der Waals surface area contributed by atoms with Crippen molar-refractivity contribution >= 4 is 16.6 Å². The second-order valence-corrected chi connectivity index (χ2v) is 4.98. The average Bonchev–Trinajstić information content (AvgIpc) is 2.72. The zero-order valence-corrected chi connectivity index (χ0v) is 11.3. The lowest BCUT2D eigenvalue weighted by Gasteiger charge is -2.12. The molecule has 3 rings (SSSR count). The van der Waals surface area contributed by atoms with Crippen molar-refractivity contribution in [3.8, 4) is 11.5 Å². The molecule has 3 heteroatoms. The first kappa shape index (κ1) is 12.0. The van der Waals surface area contributed by atoms with E-state index in [0.717, 1.165) is 33.4 Å². The number of hydrogen-bond donors (Lipinski definition) is 0. The number of ketones is 1. The van der Waals surface area contributed by atoms with E-state index in [4.69, 9.17) is 9.47 Å². The predicted octanol–water partition coefficient (Wildman–Crippen LogP) is 3.55. The summed E-state index contributed by atoms with van der Waals surface area (Å²) < 4.78 is 10.7. The van der Waals surface area contributed by atoms with Crippen molar-refractivity contribution in [2.75, 3.05) is 14.2 Å². The van der Waals surface area contributed by atoms with Gasteiger partial charge in [0, 0.05) is 22.8 Å². The normalized spacial score (nSPS) is 17.6. The minimum atomic E-state index is 0.211. The van der Waals surface area contributed by atoms with E-state index in [2.05, 4.69) is 6.92 Å². The smallest absolute Gasteiger partial charge is 0.164 e. The quantitative estimate of drug-likeness (QED) is 0.824. The first-order chi connectivity index (χ1) is 9.15. The number of benzene rings is 2. The SMILES string of the molecule is COc1ccc2c(OC)cc3c(c2c1)C(=O)CC3C. The van der Waals surface area contributed by atoms with Gasteiger partial charge in [0.05, 0.1) is 14.2 Å². The van der Waals surface area contributed by atoms with Crippen molar-refractivity contribution in [2.45, 2.75) is 19.3 Å². The Labute approximate surface area is 112 Å². The number of methoxy groups -OCH3 is 2. The van der Waals surface area contributed by atoms with Crippen LogP contribution in [0.5, 0.6) is 11.5 Å². The third-order valence-corrected chi connectivity index (χ3v) is 3.86. The standard InChI is InChI=1S/C16H16O3/c1-9-6-14(17)16-12(9)8-15(19-3)11-5-4-10(18-2)7-13(11)16/h4-5,7-9H,6H2,1-3H3. The Morgan fingerprint density at radius 2 is 1.89 bits per heavy atom. The van der Waals surface area contributed by atoms with Crippen LogP contribution in [0, 0.1) is 0 Å². The van der Waals surface area contributed by atoms with Gasteiger partial charge >= 0.3 is 0 Å². The van der Waals surface area contributed by atoms with Crippen molar-refractivity contribution in [1.29, 1.82) is 0 Å². The van der Waals surface area contributed by atoms with Crippen LogP contribution in [-0.4, -0.2) is 20.0 Å². The van der Waals surface area contributed by atoms with Crippen LogP contribution in [0.4, 0.5) is 0 Å². The molecule has 1 aliphatic rings. The Kier molecular flexibility index (Phi) is 2.70. The van der Waals surface area contributed by atoms with Gasteiger partial charge in [-0.15, -0.1) is 0 Å². The van der Waals surface area contributed by atoms with Gasteiger partial charge in [-0.3, -0.25) is 4.79 Å². The van der Waals surface area contributed by atoms with Gasteiger partial charge in [-0.05, 0) is 35.7 Å². The maximum Gasteiger partial charge on any atom is 0.164 e. The molecule has 0 bridgehead atoms. The predicted molar refractivity (Wildman–Crippen MR) is 74.4 cm³/mol. The molecule has 0 spiro atoms. The van der Waals surface area contributed by atoms with Gasteiger partial charge in [-0.25, -0.2) is 0 Å². The number of ether oxygens (including phenoxy) is 2. The lowest BCUT2D eigenvalue weighted by Crippen LogP contribution is -1.96. The van der Waals surface area contributed by atoms with Crippen molar-refractivity contribution in [3.63, 3.8) is 0 Å². The summed E-state index contributed by atoms with van der Waals surface area (Å²) in [4.78, 5) is 12.2. The summed E-state index contributed by atoms with van der Waals surface area (Å²) in [7, 11) is 3.29. The Morgan fingerprint density at radius 1 is 1.11 bits per heavy atom. The first-order valence-corrected chi connectivity index (χ1v) is 6.37. The summed E-state index contributed by atoms with van der Waals surface area (Å²) in [6.07, 6.45) is 0.578. The second kappa shape index (κ2) is 4.26. The van der Waals surface area contributed by atoms with Crippen LogP contribution in [0.1, 0.15) is 35.2 Å². The minimum absolute atomic E-state index is 0.211. The molecular formula is C16H16O3. The molecule has 0 saturated carbocycles. The summed E-state index contributed by atoms with van der Waals surface area (Å²) in [6.45, 7) is 2.08. The number of carbonyl (C=O) groups is 1.